The molecule has 0 nitrogen and oxygen atoms in total. The predicted octanol–water partition coefficient (Wildman–Crippen LogP) is 4.93. The summed E-state index contributed by atoms with van der Waals surface area (Å²) in [7, 11) is 3.46. The maximum absolute atomic E-state index is 5.34. The van der Waals surface area contributed by atoms with Crippen molar-refractivity contribution in [2.75, 3.05) is 6.26 Å². The molecule has 0 N–H and O–H groups in total. The number of thioether (sulfide) groups is 1. The SMILES string of the molecule is CSc1ssc(=S)c1-c1ccccc1. The molecule has 2 rings (SSSR count). The summed E-state index contributed by atoms with van der Waals surface area (Å²) in [5, 5.41) is 0. The highest BCUT2D eigenvalue weighted by Gasteiger charge is 2.08. The Labute approximate surface area is 100 Å². The molecule has 72 valence electrons. The fourth-order valence-corrected chi connectivity index (χ4v) is 5.33. The lowest BCUT2D eigenvalue weighted by Crippen LogP contribution is -1.75. The van der Waals surface area contributed by atoms with E-state index in [2.05, 4.69) is 30.5 Å². The molecular formula is C10H8S4. The Kier molecular flexibility index (Phi) is 3.38. The molecule has 1 aromatic carbocycles. The molecule has 2 aromatic rings. The molecule has 14 heavy (non-hydrogen) atoms. The highest BCUT2D eigenvalue weighted by atomic mass is 32.9. The second kappa shape index (κ2) is 4.57. The van der Waals surface area contributed by atoms with Gasteiger partial charge in [-0.3, -0.25) is 0 Å². The van der Waals surface area contributed by atoms with Crippen LogP contribution in [-0.4, -0.2) is 6.26 Å². The van der Waals surface area contributed by atoms with Crippen LogP contribution in [0, 0.1) is 3.82 Å². The molecule has 4 heteroatoms. The van der Waals surface area contributed by atoms with Crippen molar-refractivity contribution in [1.29, 1.82) is 0 Å². The Hall–Kier alpha value is -0.160. The molecule has 0 bridgehead atoms. The highest BCUT2D eigenvalue weighted by Crippen LogP contribution is 2.39. The molecule has 0 spiro atoms. The second-order valence-electron chi connectivity index (χ2n) is 2.69. The molecule has 0 saturated heterocycles. The fraction of sp³-hybridized carbons (Fsp3) is 0.100. The van der Waals surface area contributed by atoms with E-state index in [4.69, 9.17) is 12.2 Å². The van der Waals surface area contributed by atoms with Crippen LogP contribution in [0.1, 0.15) is 0 Å². The van der Waals surface area contributed by atoms with E-state index >= 15 is 0 Å². The van der Waals surface area contributed by atoms with Crippen LogP contribution in [0.15, 0.2) is 34.5 Å². The van der Waals surface area contributed by atoms with E-state index in [0.717, 1.165) is 3.82 Å². The summed E-state index contributed by atoms with van der Waals surface area (Å²) in [5.74, 6) is 0. The third kappa shape index (κ3) is 1.93. The lowest BCUT2D eigenvalue weighted by Gasteiger charge is -1.99. The van der Waals surface area contributed by atoms with Gasteiger partial charge in [0.2, 0.25) is 0 Å². The first-order valence-corrected chi connectivity index (χ1v) is 7.83. The molecular weight excluding hydrogens is 248 g/mol. The first-order chi connectivity index (χ1) is 6.83. The quantitative estimate of drug-likeness (QED) is 0.424. The average molecular weight is 256 g/mol. The molecule has 0 fully saturated rings. The number of benzene rings is 1. The van der Waals surface area contributed by atoms with Gasteiger partial charge in [-0.05, 0) is 11.8 Å². The van der Waals surface area contributed by atoms with Crippen LogP contribution >= 0.6 is 44.7 Å². The number of hydrogen-bond acceptors (Lipinski definition) is 4. The van der Waals surface area contributed by atoms with Crippen molar-refractivity contribution in [3.05, 3.63) is 34.2 Å². The summed E-state index contributed by atoms with van der Waals surface area (Å²) in [4.78, 5) is 0. The second-order valence-corrected chi connectivity index (χ2v) is 6.58. The Balaban J connectivity index is 2.61. The zero-order valence-corrected chi connectivity index (χ0v) is 10.8. The van der Waals surface area contributed by atoms with Crippen LogP contribution in [0.2, 0.25) is 0 Å². The van der Waals surface area contributed by atoms with Gasteiger partial charge in [0, 0.05) is 5.56 Å². The van der Waals surface area contributed by atoms with E-state index in [1.54, 1.807) is 32.4 Å². The summed E-state index contributed by atoms with van der Waals surface area (Å²) < 4.78 is 2.33. The predicted molar refractivity (Wildman–Crippen MR) is 70.2 cm³/mol. The average Bonchev–Trinajstić information content (AvgIpc) is 2.61. The normalized spacial score (nSPS) is 10.4. The molecule has 1 aromatic heterocycles. The Bertz CT molecular complexity index is 466. The molecule has 0 amide bonds. The van der Waals surface area contributed by atoms with Gasteiger partial charge in [0.05, 0.1) is 4.21 Å². The first-order valence-electron chi connectivity index (χ1n) is 4.05. The van der Waals surface area contributed by atoms with Crippen LogP contribution in [-0.2, 0) is 0 Å². The Morgan fingerprint density at radius 2 is 1.86 bits per heavy atom. The van der Waals surface area contributed by atoms with Crippen LogP contribution in [0.25, 0.3) is 11.1 Å². The first kappa shape index (κ1) is 10.4. The smallest absolute Gasteiger partial charge is 0.110 e. The monoisotopic (exact) mass is 256 g/mol. The number of hydrogen-bond donors (Lipinski definition) is 0. The molecule has 0 aliphatic heterocycles. The molecule has 1 heterocycles. The molecule has 0 saturated carbocycles. The van der Waals surface area contributed by atoms with E-state index in [0.29, 0.717) is 0 Å². The minimum atomic E-state index is 1.01. The molecule has 0 unspecified atom stereocenters. The van der Waals surface area contributed by atoms with Crippen molar-refractivity contribution >= 4 is 44.7 Å². The Morgan fingerprint density at radius 3 is 2.50 bits per heavy atom. The zero-order chi connectivity index (χ0) is 9.97. The van der Waals surface area contributed by atoms with Gasteiger partial charge in [0.1, 0.15) is 3.82 Å². The van der Waals surface area contributed by atoms with E-state index in [1.165, 1.54) is 15.3 Å². The van der Waals surface area contributed by atoms with Crippen molar-refractivity contribution in [2.45, 2.75) is 4.21 Å². The van der Waals surface area contributed by atoms with Gasteiger partial charge in [-0.15, -0.1) is 11.8 Å². The summed E-state index contributed by atoms with van der Waals surface area (Å²) >= 11 is 7.11. The maximum atomic E-state index is 5.34. The lowest BCUT2D eigenvalue weighted by molar-refractivity contribution is 1.61. The largest absolute Gasteiger partial charge is 0.117 e. The summed E-state index contributed by atoms with van der Waals surface area (Å²) in [6, 6.07) is 10.4. The van der Waals surface area contributed by atoms with E-state index in [-0.39, 0.29) is 0 Å². The fourth-order valence-electron chi connectivity index (χ4n) is 1.22. The van der Waals surface area contributed by atoms with Crippen LogP contribution in [0.4, 0.5) is 0 Å². The third-order valence-electron chi connectivity index (χ3n) is 1.85. The lowest BCUT2D eigenvalue weighted by atomic mass is 10.1. The van der Waals surface area contributed by atoms with Gasteiger partial charge in [-0.2, -0.15) is 0 Å². The van der Waals surface area contributed by atoms with Gasteiger partial charge in [-0.25, -0.2) is 0 Å². The minimum Gasteiger partial charge on any atom is -0.117 e. The van der Waals surface area contributed by atoms with Crippen molar-refractivity contribution in [2.24, 2.45) is 0 Å². The van der Waals surface area contributed by atoms with Gasteiger partial charge in [0.25, 0.3) is 0 Å². The van der Waals surface area contributed by atoms with Crippen molar-refractivity contribution < 1.29 is 0 Å². The topological polar surface area (TPSA) is 0 Å². The van der Waals surface area contributed by atoms with E-state index < -0.39 is 0 Å². The highest BCUT2D eigenvalue weighted by molar-refractivity contribution is 8.02. The Morgan fingerprint density at radius 1 is 1.14 bits per heavy atom. The van der Waals surface area contributed by atoms with Crippen LogP contribution in [0.3, 0.4) is 0 Å². The van der Waals surface area contributed by atoms with E-state index in [1.807, 2.05) is 6.07 Å². The van der Waals surface area contributed by atoms with Crippen LogP contribution in [0.5, 0.6) is 0 Å². The number of rotatable bonds is 2. The van der Waals surface area contributed by atoms with Crippen molar-refractivity contribution in [3.8, 4) is 11.1 Å². The standard InChI is InChI=1S/C10H8S4/c1-12-10-8(9(11)13-14-10)7-5-3-2-4-6-7/h2-6H,1H3. The van der Waals surface area contributed by atoms with Gasteiger partial charge in [-0.1, -0.05) is 63.2 Å². The summed E-state index contributed by atoms with van der Waals surface area (Å²) in [6.45, 7) is 0. The van der Waals surface area contributed by atoms with Gasteiger partial charge in [0.15, 0.2) is 0 Å². The summed E-state index contributed by atoms with van der Waals surface area (Å²) in [5.41, 5.74) is 2.47. The van der Waals surface area contributed by atoms with Gasteiger partial charge < -0.3 is 0 Å². The molecule has 0 aliphatic carbocycles. The molecule has 0 radical (unpaired) electrons. The summed E-state index contributed by atoms with van der Waals surface area (Å²) in [6.07, 6.45) is 2.10. The van der Waals surface area contributed by atoms with Crippen molar-refractivity contribution in [3.63, 3.8) is 0 Å². The van der Waals surface area contributed by atoms with Crippen LogP contribution < -0.4 is 0 Å². The van der Waals surface area contributed by atoms with Gasteiger partial charge >= 0.3 is 0 Å². The van der Waals surface area contributed by atoms with Crippen molar-refractivity contribution in [1.82, 2.24) is 0 Å². The minimum absolute atomic E-state index is 1.01. The molecule has 0 atom stereocenters. The molecule has 0 aliphatic rings. The third-order valence-corrected chi connectivity index (χ3v) is 6.31. The zero-order valence-electron chi connectivity index (χ0n) is 7.52. The van der Waals surface area contributed by atoms with E-state index in [9.17, 15) is 0 Å². The maximum Gasteiger partial charge on any atom is 0.110 e.